The lowest BCUT2D eigenvalue weighted by molar-refractivity contribution is 0.0937. The third kappa shape index (κ3) is 3.42. The summed E-state index contributed by atoms with van der Waals surface area (Å²) in [7, 11) is 0. The van der Waals surface area contributed by atoms with Gasteiger partial charge in [-0.2, -0.15) is 0 Å². The summed E-state index contributed by atoms with van der Waals surface area (Å²) in [5.74, 6) is 0.816. The number of benzene rings is 1. The zero-order chi connectivity index (χ0) is 19.1. The molecule has 1 aliphatic heterocycles. The van der Waals surface area contributed by atoms with Crippen LogP contribution in [0.15, 0.2) is 34.2 Å². The van der Waals surface area contributed by atoms with Crippen LogP contribution in [0.4, 0.5) is 0 Å². The zero-order valence-electron chi connectivity index (χ0n) is 16.1. The van der Waals surface area contributed by atoms with Gasteiger partial charge in [0, 0.05) is 17.2 Å². The number of aromatic nitrogens is 2. The first-order chi connectivity index (χ1) is 13.7. The van der Waals surface area contributed by atoms with Gasteiger partial charge in [0.15, 0.2) is 5.16 Å². The van der Waals surface area contributed by atoms with Crippen LogP contribution in [0.2, 0.25) is 0 Å². The summed E-state index contributed by atoms with van der Waals surface area (Å²) in [6.45, 7) is 3.52. The van der Waals surface area contributed by atoms with Gasteiger partial charge in [-0.05, 0) is 50.2 Å². The fraction of sp³-hybridized carbons (Fsp3) is 0.455. The highest BCUT2D eigenvalue weighted by Crippen LogP contribution is 2.36. The second kappa shape index (κ2) is 7.65. The molecule has 0 bridgehead atoms. The molecule has 6 heteroatoms. The number of thiophene rings is 1. The molecular weight excluding hydrogens is 388 g/mol. The normalized spacial score (nSPS) is 18.8. The molecular formula is C22H24N2O2S2. The van der Waals surface area contributed by atoms with Gasteiger partial charge in [-0.3, -0.25) is 9.36 Å². The molecule has 4 nitrogen and oxygen atoms in total. The first-order valence-corrected chi connectivity index (χ1v) is 11.8. The van der Waals surface area contributed by atoms with Gasteiger partial charge >= 0.3 is 0 Å². The molecule has 0 spiro atoms. The molecule has 3 aromatic rings. The minimum atomic E-state index is 0.127. The Kier molecular flexibility index (Phi) is 5.03. The van der Waals surface area contributed by atoms with E-state index in [1.165, 1.54) is 21.6 Å². The van der Waals surface area contributed by atoms with Gasteiger partial charge in [-0.15, -0.1) is 11.3 Å². The minimum absolute atomic E-state index is 0.127. The number of hydrogen-bond donors (Lipinski definition) is 0. The summed E-state index contributed by atoms with van der Waals surface area (Å²) < 4.78 is 7.73. The maximum absolute atomic E-state index is 13.5. The number of rotatable bonds is 5. The van der Waals surface area contributed by atoms with E-state index < -0.39 is 0 Å². The van der Waals surface area contributed by atoms with Gasteiger partial charge in [0.2, 0.25) is 0 Å². The van der Waals surface area contributed by atoms with Crippen molar-refractivity contribution >= 4 is 33.3 Å². The van der Waals surface area contributed by atoms with Crippen LogP contribution in [0, 0.1) is 6.92 Å². The number of nitrogens with zero attached hydrogens (tertiary/aromatic N) is 2. The fourth-order valence-corrected chi connectivity index (χ4v) is 6.53. The third-order valence-corrected chi connectivity index (χ3v) is 7.88. The molecule has 0 radical (unpaired) electrons. The van der Waals surface area contributed by atoms with Crippen LogP contribution in [0.25, 0.3) is 10.2 Å². The Morgan fingerprint density at radius 1 is 1.32 bits per heavy atom. The van der Waals surface area contributed by atoms with Gasteiger partial charge in [-0.25, -0.2) is 4.98 Å². The molecule has 28 heavy (non-hydrogen) atoms. The highest BCUT2D eigenvalue weighted by molar-refractivity contribution is 7.98. The van der Waals surface area contributed by atoms with Crippen LogP contribution in [0.3, 0.4) is 0 Å². The Hall–Kier alpha value is -1.63. The van der Waals surface area contributed by atoms with Crippen LogP contribution >= 0.6 is 23.1 Å². The molecule has 5 rings (SSSR count). The van der Waals surface area contributed by atoms with E-state index in [0.717, 1.165) is 59.8 Å². The van der Waals surface area contributed by atoms with Crippen LogP contribution in [-0.4, -0.2) is 22.3 Å². The Balaban J connectivity index is 1.54. The van der Waals surface area contributed by atoms with E-state index >= 15 is 0 Å². The van der Waals surface area contributed by atoms with Gasteiger partial charge < -0.3 is 4.74 Å². The minimum Gasteiger partial charge on any atom is -0.376 e. The maximum Gasteiger partial charge on any atom is 0.263 e. The highest BCUT2D eigenvalue weighted by atomic mass is 32.2. The summed E-state index contributed by atoms with van der Waals surface area (Å²) in [5, 5.41) is 1.70. The largest absolute Gasteiger partial charge is 0.376 e. The summed E-state index contributed by atoms with van der Waals surface area (Å²) in [4.78, 5) is 20.7. The van der Waals surface area contributed by atoms with Gasteiger partial charge in [0.1, 0.15) is 4.83 Å². The number of fused-ring (bicyclic) bond motifs is 3. The number of hydrogen-bond acceptors (Lipinski definition) is 5. The Morgan fingerprint density at radius 3 is 3.07 bits per heavy atom. The molecule has 2 aromatic heterocycles. The number of ether oxygens (including phenoxy) is 1. The van der Waals surface area contributed by atoms with E-state index in [0.29, 0.717) is 6.54 Å². The van der Waals surface area contributed by atoms with E-state index in [1.807, 2.05) is 4.57 Å². The molecule has 1 saturated heterocycles. The number of aryl methyl sites for hydroxylation is 3. The van der Waals surface area contributed by atoms with Crippen molar-refractivity contribution in [2.75, 3.05) is 6.61 Å². The van der Waals surface area contributed by atoms with E-state index in [4.69, 9.17) is 9.72 Å². The zero-order valence-corrected chi connectivity index (χ0v) is 17.7. The smallest absolute Gasteiger partial charge is 0.263 e. The topological polar surface area (TPSA) is 44.1 Å². The molecule has 0 saturated carbocycles. The van der Waals surface area contributed by atoms with Crippen molar-refractivity contribution in [1.29, 1.82) is 0 Å². The van der Waals surface area contributed by atoms with Gasteiger partial charge in [0.25, 0.3) is 5.56 Å². The molecule has 1 aliphatic carbocycles. The SMILES string of the molecule is Cc1cccc(CSc2nc3sc4c(c3c(=O)n2C[C@@H]2CCCO2)CCC4)c1. The van der Waals surface area contributed by atoms with E-state index in [9.17, 15) is 4.79 Å². The van der Waals surface area contributed by atoms with Crippen LogP contribution in [-0.2, 0) is 29.9 Å². The summed E-state index contributed by atoms with van der Waals surface area (Å²) >= 11 is 3.39. The Bertz CT molecular complexity index is 1080. The van der Waals surface area contributed by atoms with E-state index in [-0.39, 0.29) is 11.7 Å². The van der Waals surface area contributed by atoms with Crippen LogP contribution < -0.4 is 5.56 Å². The summed E-state index contributed by atoms with van der Waals surface area (Å²) in [6.07, 6.45) is 5.49. The van der Waals surface area contributed by atoms with Crippen LogP contribution in [0.5, 0.6) is 0 Å². The molecule has 1 aromatic carbocycles. The lowest BCUT2D eigenvalue weighted by Crippen LogP contribution is -2.28. The number of thioether (sulfide) groups is 1. The molecule has 3 heterocycles. The molecule has 146 valence electrons. The third-order valence-electron chi connectivity index (χ3n) is 5.65. The second-order valence-electron chi connectivity index (χ2n) is 7.76. The van der Waals surface area contributed by atoms with Gasteiger partial charge in [-0.1, -0.05) is 41.6 Å². The molecule has 1 fully saturated rings. The van der Waals surface area contributed by atoms with E-state index in [2.05, 4.69) is 31.2 Å². The molecule has 0 unspecified atom stereocenters. The van der Waals surface area contributed by atoms with E-state index in [1.54, 1.807) is 23.1 Å². The second-order valence-corrected chi connectivity index (χ2v) is 9.79. The Morgan fingerprint density at radius 2 is 2.25 bits per heavy atom. The van der Waals surface area contributed by atoms with Crippen molar-refractivity contribution in [1.82, 2.24) is 9.55 Å². The summed E-state index contributed by atoms with van der Waals surface area (Å²) in [6, 6.07) is 8.54. The molecule has 1 atom stereocenters. The molecule has 0 N–H and O–H groups in total. The monoisotopic (exact) mass is 412 g/mol. The fourth-order valence-electron chi connectivity index (χ4n) is 4.27. The average Bonchev–Trinajstić information content (AvgIpc) is 3.40. The van der Waals surface area contributed by atoms with Crippen LogP contribution in [0.1, 0.15) is 40.8 Å². The quantitative estimate of drug-likeness (QED) is 0.449. The standard InChI is InChI=1S/C22H24N2O2S2/c1-14-5-2-6-15(11-14)13-27-22-23-20-19(17-8-3-9-18(17)28-20)21(25)24(22)12-16-7-4-10-26-16/h2,5-6,11,16H,3-4,7-10,12-13H2,1H3/t16-/m0/s1. The first-order valence-electron chi connectivity index (χ1n) is 10.0. The summed E-state index contributed by atoms with van der Waals surface area (Å²) in [5.41, 5.74) is 3.91. The lowest BCUT2D eigenvalue weighted by atomic mass is 10.2. The van der Waals surface area contributed by atoms with Crippen molar-refractivity contribution in [3.63, 3.8) is 0 Å². The predicted molar refractivity (Wildman–Crippen MR) is 116 cm³/mol. The first kappa shape index (κ1) is 18.4. The van der Waals surface area contributed by atoms with Gasteiger partial charge in [0.05, 0.1) is 18.0 Å². The highest BCUT2D eigenvalue weighted by Gasteiger charge is 2.25. The van der Waals surface area contributed by atoms with Crippen molar-refractivity contribution in [3.8, 4) is 0 Å². The lowest BCUT2D eigenvalue weighted by Gasteiger charge is -2.16. The Labute approximate surface area is 172 Å². The van der Waals surface area contributed by atoms with Crippen molar-refractivity contribution < 1.29 is 4.74 Å². The van der Waals surface area contributed by atoms with Crippen molar-refractivity contribution in [2.45, 2.75) is 62.6 Å². The van der Waals surface area contributed by atoms with Crippen molar-refractivity contribution in [3.05, 3.63) is 56.2 Å². The molecule has 0 amide bonds. The predicted octanol–water partition coefficient (Wildman–Crippen LogP) is 4.73. The van der Waals surface area contributed by atoms with Crippen molar-refractivity contribution in [2.24, 2.45) is 0 Å². The molecule has 2 aliphatic rings. The maximum atomic E-state index is 13.5. The average molecular weight is 413 g/mol.